The molecule has 0 bridgehead atoms. The summed E-state index contributed by atoms with van der Waals surface area (Å²) >= 11 is 0. The molecule has 30 heavy (non-hydrogen) atoms. The molecule has 1 heterocycles. The van der Waals surface area contributed by atoms with Gasteiger partial charge in [0.2, 0.25) is 0 Å². The Bertz CT molecular complexity index is 653. The van der Waals surface area contributed by atoms with E-state index < -0.39 is 5.60 Å². The van der Waals surface area contributed by atoms with Crippen LogP contribution in [-0.2, 0) is 9.53 Å². The van der Waals surface area contributed by atoms with Crippen molar-refractivity contribution in [2.45, 2.75) is 71.3 Å². The molecule has 0 unspecified atom stereocenters. The van der Waals surface area contributed by atoms with Crippen molar-refractivity contribution in [3.63, 3.8) is 0 Å². The minimum absolute atomic E-state index is 0.0133. The fourth-order valence-electron chi connectivity index (χ4n) is 4.79. The Balaban J connectivity index is 1.43. The third kappa shape index (κ3) is 6.45. The van der Waals surface area contributed by atoms with Gasteiger partial charge in [0.05, 0.1) is 6.61 Å². The van der Waals surface area contributed by atoms with E-state index in [0.29, 0.717) is 12.5 Å². The number of carbonyl (C=O) groups is 1. The number of rotatable bonds is 9. The van der Waals surface area contributed by atoms with Gasteiger partial charge in [-0.3, -0.25) is 4.79 Å². The van der Waals surface area contributed by atoms with Gasteiger partial charge < -0.3 is 19.7 Å². The number of carbonyl (C=O) groups excluding carboxylic acids is 1. The van der Waals surface area contributed by atoms with E-state index in [1.165, 1.54) is 25.9 Å². The van der Waals surface area contributed by atoms with Crippen molar-refractivity contribution in [2.24, 2.45) is 11.8 Å². The van der Waals surface area contributed by atoms with Crippen LogP contribution in [0.25, 0.3) is 0 Å². The summed E-state index contributed by atoms with van der Waals surface area (Å²) in [6.45, 7) is 11.4. The molecular weight excluding hydrogens is 376 g/mol. The molecule has 1 aliphatic carbocycles. The van der Waals surface area contributed by atoms with Crippen LogP contribution in [0.4, 0.5) is 5.69 Å². The molecule has 1 aromatic carbocycles. The third-order valence-corrected chi connectivity index (χ3v) is 6.66. The van der Waals surface area contributed by atoms with Crippen molar-refractivity contribution in [2.75, 3.05) is 38.2 Å². The number of benzene rings is 1. The first-order valence-corrected chi connectivity index (χ1v) is 11.9. The van der Waals surface area contributed by atoms with Crippen LogP contribution < -0.4 is 10.1 Å². The second kappa shape index (κ2) is 11.1. The zero-order chi connectivity index (χ0) is 21.4. The number of amides is 1. The summed E-state index contributed by atoms with van der Waals surface area (Å²) in [5.41, 5.74) is 0.120. The van der Waals surface area contributed by atoms with Gasteiger partial charge >= 0.3 is 0 Å². The van der Waals surface area contributed by atoms with Crippen LogP contribution >= 0.6 is 0 Å². The predicted octanol–water partition coefficient (Wildman–Crippen LogP) is 5.11. The highest BCUT2D eigenvalue weighted by molar-refractivity contribution is 5.97. The molecule has 1 aliphatic heterocycles. The van der Waals surface area contributed by atoms with Gasteiger partial charge in [-0.25, -0.2) is 0 Å². The number of likely N-dealkylation sites (tertiary alicyclic amines) is 1. The van der Waals surface area contributed by atoms with Crippen LogP contribution in [0, 0.1) is 11.8 Å². The minimum atomic E-state index is -0.678. The number of hydrogen-bond acceptors (Lipinski definition) is 4. The smallest absolute Gasteiger partial charge is 0.256 e. The van der Waals surface area contributed by atoms with E-state index in [0.717, 1.165) is 62.6 Å². The number of ether oxygens (including phenoxy) is 2. The molecule has 1 aromatic rings. The monoisotopic (exact) mass is 416 g/mol. The quantitative estimate of drug-likeness (QED) is 0.568. The molecule has 1 N–H and O–H groups in total. The molecule has 5 heteroatoms. The van der Waals surface area contributed by atoms with E-state index in [9.17, 15) is 4.79 Å². The molecule has 0 spiro atoms. The molecule has 5 nitrogen and oxygen atoms in total. The summed E-state index contributed by atoms with van der Waals surface area (Å²) < 4.78 is 11.9. The summed E-state index contributed by atoms with van der Waals surface area (Å²) in [5, 5.41) is 3.07. The van der Waals surface area contributed by atoms with Gasteiger partial charge in [0.1, 0.15) is 11.4 Å². The first-order chi connectivity index (χ1) is 14.5. The molecule has 0 radical (unpaired) electrons. The lowest BCUT2D eigenvalue weighted by Crippen LogP contribution is -2.48. The van der Waals surface area contributed by atoms with Gasteiger partial charge in [-0.15, -0.1) is 0 Å². The minimum Gasteiger partial charge on any atom is -0.494 e. The predicted molar refractivity (Wildman–Crippen MR) is 122 cm³/mol. The number of piperidine rings is 1. The first kappa shape index (κ1) is 23.1. The third-order valence-electron chi connectivity index (χ3n) is 6.66. The van der Waals surface area contributed by atoms with E-state index >= 15 is 0 Å². The van der Waals surface area contributed by atoms with Crippen LogP contribution in [0.2, 0.25) is 0 Å². The molecule has 2 fully saturated rings. The number of nitrogens with one attached hydrogen (secondary N) is 1. The van der Waals surface area contributed by atoms with Gasteiger partial charge in [0, 0.05) is 25.4 Å². The first-order valence-electron chi connectivity index (χ1n) is 11.9. The van der Waals surface area contributed by atoms with Crippen LogP contribution in [-0.4, -0.2) is 49.3 Å². The molecule has 1 amide bonds. The van der Waals surface area contributed by atoms with Gasteiger partial charge in [-0.05, 0) is 94.5 Å². The van der Waals surface area contributed by atoms with Gasteiger partial charge in [0.15, 0.2) is 0 Å². The molecule has 3 rings (SSSR count). The van der Waals surface area contributed by atoms with Crippen molar-refractivity contribution < 1.29 is 14.3 Å². The highest BCUT2D eigenvalue weighted by atomic mass is 16.5. The molecule has 1 atom stereocenters. The van der Waals surface area contributed by atoms with E-state index in [2.05, 4.69) is 24.1 Å². The standard InChI is InChI=1S/C25H40N2O3/c1-4-30-25(14-12-20(2)13-15-25)24(28)26-22-8-10-23(11-9-22)29-18-6-17-27-16-5-7-21(3)19-27/h8-11,20-21H,4-7,12-19H2,1-3H3,(H,26,28)/t20?,21-,25?/m0/s1. The summed E-state index contributed by atoms with van der Waals surface area (Å²) in [7, 11) is 0. The zero-order valence-corrected chi connectivity index (χ0v) is 19.1. The van der Waals surface area contributed by atoms with Crippen LogP contribution in [0.15, 0.2) is 24.3 Å². The van der Waals surface area contributed by atoms with Gasteiger partial charge in [-0.2, -0.15) is 0 Å². The van der Waals surface area contributed by atoms with E-state index in [4.69, 9.17) is 9.47 Å². The summed E-state index contributed by atoms with van der Waals surface area (Å²) in [4.78, 5) is 15.5. The highest BCUT2D eigenvalue weighted by Gasteiger charge is 2.41. The molecular formula is C25H40N2O3. The maximum absolute atomic E-state index is 13.0. The Kier molecular flexibility index (Phi) is 8.58. The Morgan fingerprint density at radius 3 is 2.53 bits per heavy atom. The maximum atomic E-state index is 13.0. The molecule has 1 saturated carbocycles. The fourth-order valence-corrected chi connectivity index (χ4v) is 4.79. The van der Waals surface area contributed by atoms with Crippen molar-refractivity contribution in [3.05, 3.63) is 24.3 Å². The largest absolute Gasteiger partial charge is 0.494 e. The van der Waals surface area contributed by atoms with Crippen LogP contribution in [0.3, 0.4) is 0 Å². The number of anilines is 1. The lowest BCUT2D eigenvalue weighted by Gasteiger charge is -2.37. The van der Waals surface area contributed by atoms with Gasteiger partial charge in [0.25, 0.3) is 5.91 Å². The average molecular weight is 417 g/mol. The topological polar surface area (TPSA) is 50.8 Å². The van der Waals surface area contributed by atoms with E-state index in [1.54, 1.807) is 0 Å². The lowest BCUT2D eigenvalue weighted by molar-refractivity contribution is -0.146. The van der Waals surface area contributed by atoms with Crippen LogP contribution in [0.5, 0.6) is 5.75 Å². The van der Waals surface area contributed by atoms with Crippen molar-refractivity contribution in [3.8, 4) is 5.75 Å². The summed E-state index contributed by atoms with van der Waals surface area (Å²) in [5.74, 6) is 2.33. The Morgan fingerprint density at radius 1 is 1.13 bits per heavy atom. The van der Waals surface area contributed by atoms with Crippen molar-refractivity contribution in [1.82, 2.24) is 4.90 Å². The van der Waals surface area contributed by atoms with Crippen molar-refractivity contribution in [1.29, 1.82) is 0 Å². The number of nitrogens with zero attached hydrogens (tertiary/aromatic N) is 1. The van der Waals surface area contributed by atoms with Gasteiger partial charge in [-0.1, -0.05) is 13.8 Å². The van der Waals surface area contributed by atoms with E-state index in [1.807, 2.05) is 31.2 Å². The summed E-state index contributed by atoms with van der Waals surface area (Å²) in [6.07, 6.45) is 7.39. The zero-order valence-electron chi connectivity index (χ0n) is 19.1. The molecule has 2 aliphatic rings. The second-order valence-electron chi connectivity index (χ2n) is 9.34. The molecule has 0 aromatic heterocycles. The molecule has 168 valence electrons. The Morgan fingerprint density at radius 2 is 1.87 bits per heavy atom. The van der Waals surface area contributed by atoms with Crippen LogP contribution in [0.1, 0.15) is 65.7 Å². The fraction of sp³-hybridized carbons (Fsp3) is 0.720. The normalized spacial score (nSPS) is 27.6. The SMILES string of the molecule is CCOC1(C(=O)Nc2ccc(OCCCN3CCC[C@H](C)C3)cc2)CCC(C)CC1. The van der Waals surface area contributed by atoms with Crippen molar-refractivity contribution >= 4 is 11.6 Å². The Hall–Kier alpha value is -1.59. The summed E-state index contributed by atoms with van der Waals surface area (Å²) in [6, 6.07) is 7.72. The maximum Gasteiger partial charge on any atom is 0.256 e. The highest BCUT2D eigenvalue weighted by Crippen LogP contribution is 2.36. The number of hydrogen-bond donors (Lipinski definition) is 1. The second-order valence-corrected chi connectivity index (χ2v) is 9.34. The van der Waals surface area contributed by atoms with E-state index in [-0.39, 0.29) is 5.91 Å². The lowest BCUT2D eigenvalue weighted by atomic mass is 9.78. The average Bonchev–Trinajstić information content (AvgIpc) is 2.74. The Labute approximate surface area is 182 Å². The molecule has 1 saturated heterocycles.